The van der Waals surface area contributed by atoms with Crippen LogP contribution >= 0.6 is 0 Å². The maximum atomic E-state index is 13.3. The summed E-state index contributed by atoms with van der Waals surface area (Å²) in [5.41, 5.74) is 3.04. The topological polar surface area (TPSA) is 118 Å². The summed E-state index contributed by atoms with van der Waals surface area (Å²) in [6.45, 7) is 5.63. The number of piperazine rings is 1. The number of sulfonamides is 1. The predicted molar refractivity (Wildman–Crippen MR) is 115 cm³/mol. The molecule has 1 fully saturated rings. The van der Waals surface area contributed by atoms with Crippen LogP contribution in [-0.4, -0.2) is 75.9 Å². The van der Waals surface area contributed by atoms with Crippen molar-refractivity contribution >= 4 is 39.9 Å². The van der Waals surface area contributed by atoms with Crippen LogP contribution in [0.15, 0.2) is 23.3 Å². The summed E-state index contributed by atoms with van der Waals surface area (Å²) < 4.78 is 37.8. The molecule has 1 heterocycles. The van der Waals surface area contributed by atoms with Crippen LogP contribution < -0.4 is 15.9 Å². The highest BCUT2D eigenvalue weighted by atomic mass is 32.2. The lowest BCUT2D eigenvalue weighted by atomic mass is 10.0. The van der Waals surface area contributed by atoms with Crippen LogP contribution in [0.4, 0.5) is 9.59 Å². The maximum absolute atomic E-state index is 13.3. The van der Waals surface area contributed by atoms with Gasteiger partial charge in [0.05, 0.1) is 4.91 Å². The van der Waals surface area contributed by atoms with Crippen LogP contribution in [0.5, 0.6) is 0 Å². The third-order valence-corrected chi connectivity index (χ3v) is 7.30. The lowest BCUT2D eigenvalue weighted by molar-refractivity contribution is 0.0656. The number of nitrogens with one attached hydrogen (secondary N) is 1. The summed E-state index contributed by atoms with van der Waals surface area (Å²) in [6, 6.07) is 5.70. The van der Waals surface area contributed by atoms with Gasteiger partial charge in [-0.15, -0.1) is 0 Å². The SMILES string of the molecule is C=NNC(=O)OCCOC(=O)N1CCN(S(=O)(=O)C2=c3cccc(C)c3=CCC2)CC1. The lowest BCUT2D eigenvalue weighted by Gasteiger charge is -2.34. The van der Waals surface area contributed by atoms with E-state index in [4.69, 9.17) is 9.47 Å². The molecular weight excluding hydrogens is 424 g/mol. The second-order valence-corrected chi connectivity index (χ2v) is 9.07. The fourth-order valence-corrected chi connectivity index (χ4v) is 5.45. The Morgan fingerprint density at radius 3 is 2.58 bits per heavy atom. The minimum absolute atomic E-state index is 0.119. The third-order valence-electron chi connectivity index (χ3n) is 5.20. The molecule has 0 spiro atoms. The summed E-state index contributed by atoms with van der Waals surface area (Å²) in [5.74, 6) is 0. The van der Waals surface area contributed by atoms with E-state index >= 15 is 0 Å². The molecule has 1 aliphatic heterocycles. The van der Waals surface area contributed by atoms with Gasteiger partial charge in [0, 0.05) is 32.9 Å². The number of rotatable bonds is 6. The van der Waals surface area contributed by atoms with Gasteiger partial charge in [-0.1, -0.05) is 24.3 Å². The molecule has 0 bridgehead atoms. The van der Waals surface area contributed by atoms with E-state index in [0.717, 1.165) is 16.0 Å². The number of benzene rings is 1. The molecule has 11 heteroatoms. The molecule has 0 atom stereocenters. The second kappa shape index (κ2) is 9.92. The fourth-order valence-electron chi connectivity index (χ4n) is 3.66. The maximum Gasteiger partial charge on any atom is 0.427 e. The molecule has 1 saturated heterocycles. The van der Waals surface area contributed by atoms with Crippen LogP contribution in [0.1, 0.15) is 18.4 Å². The first-order valence-electron chi connectivity index (χ1n) is 9.94. The van der Waals surface area contributed by atoms with Crippen molar-refractivity contribution in [3.8, 4) is 0 Å². The molecule has 3 rings (SSSR count). The average Bonchev–Trinajstić information content (AvgIpc) is 2.77. The van der Waals surface area contributed by atoms with Crippen LogP contribution in [0.25, 0.3) is 11.0 Å². The molecule has 1 N–H and O–H groups in total. The van der Waals surface area contributed by atoms with Crippen LogP contribution in [-0.2, 0) is 19.5 Å². The van der Waals surface area contributed by atoms with Gasteiger partial charge < -0.3 is 14.4 Å². The standard InChI is InChI=1S/C20H26N4O6S/c1-15-5-3-7-17-16(15)6-4-8-18(17)31(27,28)24-11-9-23(10-12-24)20(26)30-14-13-29-19(25)22-21-2/h3,5-7H,2,4,8-14H2,1H3,(H,22,25). The summed E-state index contributed by atoms with van der Waals surface area (Å²) in [6.07, 6.45) is 1.86. The highest BCUT2D eigenvalue weighted by molar-refractivity contribution is 7.98. The number of fused-ring (bicyclic) bond motifs is 1. The Labute approximate surface area is 180 Å². The smallest absolute Gasteiger partial charge is 0.427 e. The Hall–Kier alpha value is -2.92. The molecule has 2 aliphatic rings. The molecule has 168 valence electrons. The van der Waals surface area contributed by atoms with Crippen molar-refractivity contribution in [2.45, 2.75) is 19.8 Å². The van der Waals surface area contributed by atoms with E-state index in [1.54, 1.807) is 0 Å². The van der Waals surface area contributed by atoms with Gasteiger partial charge in [-0.2, -0.15) is 9.41 Å². The molecule has 1 aromatic carbocycles. The van der Waals surface area contributed by atoms with Gasteiger partial charge in [0.2, 0.25) is 10.0 Å². The number of amides is 2. The van der Waals surface area contributed by atoms with E-state index in [-0.39, 0.29) is 39.4 Å². The Morgan fingerprint density at radius 2 is 1.87 bits per heavy atom. The van der Waals surface area contributed by atoms with E-state index in [0.29, 0.717) is 17.7 Å². The van der Waals surface area contributed by atoms with E-state index in [9.17, 15) is 18.0 Å². The largest absolute Gasteiger partial charge is 0.446 e. The zero-order valence-electron chi connectivity index (χ0n) is 17.4. The Balaban J connectivity index is 1.59. The normalized spacial score (nSPS) is 16.7. The van der Waals surface area contributed by atoms with Crippen molar-refractivity contribution in [1.29, 1.82) is 0 Å². The van der Waals surface area contributed by atoms with E-state index < -0.39 is 22.2 Å². The third kappa shape index (κ3) is 5.23. The number of aryl methyl sites for hydroxylation is 1. The highest BCUT2D eigenvalue weighted by Gasteiger charge is 2.32. The lowest BCUT2D eigenvalue weighted by Crippen LogP contribution is -2.51. The molecule has 0 unspecified atom stereocenters. The van der Waals surface area contributed by atoms with Gasteiger partial charge >= 0.3 is 12.2 Å². The first-order chi connectivity index (χ1) is 14.8. The number of carbonyl (C=O) groups is 2. The zero-order valence-corrected chi connectivity index (χ0v) is 18.2. The predicted octanol–water partition coefficient (Wildman–Crippen LogP) is 0.103. The van der Waals surface area contributed by atoms with Gasteiger partial charge in [0.25, 0.3) is 0 Å². The minimum atomic E-state index is -3.63. The number of hydrogen-bond donors (Lipinski definition) is 1. The molecule has 0 radical (unpaired) electrons. The average molecular weight is 451 g/mol. The Kier molecular flexibility index (Phi) is 7.29. The number of hydrogen-bond acceptors (Lipinski definition) is 7. The monoisotopic (exact) mass is 450 g/mol. The van der Waals surface area contributed by atoms with Crippen LogP contribution in [0, 0.1) is 6.92 Å². The summed E-state index contributed by atoms with van der Waals surface area (Å²) in [7, 11) is -3.63. The Morgan fingerprint density at radius 1 is 1.16 bits per heavy atom. The molecule has 10 nitrogen and oxygen atoms in total. The van der Waals surface area contributed by atoms with Gasteiger partial charge in [0.15, 0.2) is 0 Å². The summed E-state index contributed by atoms with van der Waals surface area (Å²) >= 11 is 0. The van der Waals surface area contributed by atoms with E-state index in [2.05, 4.69) is 17.9 Å². The molecule has 0 saturated carbocycles. The molecule has 1 aliphatic carbocycles. The highest BCUT2D eigenvalue weighted by Crippen LogP contribution is 2.22. The number of carbonyl (C=O) groups excluding carboxylic acids is 2. The second-order valence-electron chi connectivity index (χ2n) is 7.11. The van der Waals surface area contributed by atoms with Gasteiger partial charge in [-0.25, -0.2) is 23.4 Å². The molecular formula is C20H26N4O6S. The zero-order chi connectivity index (χ0) is 22.4. The summed E-state index contributed by atoms with van der Waals surface area (Å²) in [5, 5.41) is 4.90. The van der Waals surface area contributed by atoms with E-state index in [1.807, 2.05) is 30.5 Å². The molecule has 0 aromatic heterocycles. The Bertz CT molecular complexity index is 1080. The fraction of sp³-hybridized carbons (Fsp3) is 0.450. The van der Waals surface area contributed by atoms with Crippen LogP contribution in [0.3, 0.4) is 0 Å². The van der Waals surface area contributed by atoms with Crippen molar-refractivity contribution in [2.24, 2.45) is 5.10 Å². The van der Waals surface area contributed by atoms with Crippen molar-refractivity contribution in [1.82, 2.24) is 14.6 Å². The van der Waals surface area contributed by atoms with Crippen molar-refractivity contribution in [3.63, 3.8) is 0 Å². The van der Waals surface area contributed by atoms with Crippen LogP contribution in [0.2, 0.25) is 0 Å². The van der Waals surface area contributed by atoms with Crippen molar-refractivity contribution in [2.75, 3.05) is 39.4 Å². The number of hydrazone groups is 1. The number of nitrogens with zero attached hydrogens (tertiary/aromatic N) is 3. The molecule has 31 heavy (non-hydrogen) atoms. The van der Waals surface area contributed by atoms with Gasteiger partial charge in [0.1, 0.15) is 13.2 Å². The molecule has 2 amide bonds. The summed E-state index contributed by atoms with van der Waals surface area (Å²) in [4.78, 5) is 25.1. The van der Waals surface area contributed by atoms with Gasteiger partial charge in [-0.05, 0) is 35.8 Å². The molecule has 1 aromatic rings. The first-order valence-corrected chi connectivity index (χ1v) is 11.4. The number of ether oxygens (including phenoxy) is 2. The van der Waals surface area contributed by atoms with E-state index in [1.165, 1.54) is 9.21 Å². The first kappa shape index (κ1) is 22.8. The van der Waals surface area contributed by atoms with Gasteiger partial charge in [-0.3, -0.25) is 0 Å². The van der Waals surface area contributed by atoms with Crippen molar-refractivity contribution in [3.05, 3.63) is 34.2 Å². The quantitative estimate of drug-likeness (QED) is 0.373. The minimum Gasteiger partial charge on any atom is -0.446 e. The van der Waals surface area contributed by atoms with Crippen molar-refractivity contribution < 1.29 is 27.5 Å².